The van der Waals surface area contributed by atoms with Crippen molar-refractivity contribution in [2.45, 2.75) is 25.4 Å². The molecule has 0 radical (unpaired) electrons. The fraction of sp³-hybridized carbons (Fsp3) is 0.357. The summed E-state index contributed by atoms with van der Waals surface area (Å²) in [5.74, 6) is 0.452. The molecule has 3 rings (SSSR count). The molecule has 0 spiro atoms. The number of nitrogens with one attached hydrogen (secondary N) is 1. The molecule has 0 amide bonds. The Morgan fingerprint density at radius 1 is 1.44 bits per heavy atom. The summed E-state index contributed by atoms with van der Waals surface area (Å²) in [6.45, 7) is 0.739. The van der Waals surface area contributed by atoms with Gasteiger partial charge in [-0.2, -0.15) is 0 Å². The van der Waals surface area contributed by atoms with Crippen molar-refractivity contribution in [2.24, 2.45) is 7.05 Å². The average molecular weight is 245 g/mol. The smallest absolute Gasteiger partial charge is 0.142 e. The third-order valence-electron chi connectivity index (χ3n) is 3.27. The highest BCUT2D eigenvalue weighted by molar-refractivity contribution is 5.57. The Morgan fingerprint density at radius 3 is 2.89 bits per heavy atom. The van der Waals surface area contributed by atoms with Crippen LogP contribution in [-0.4, -0.2) is 15.6 Å². The maximum atomic E-state index is 14.1. The molecule has 18 heavy (non-hydrogen) atoms. The summed E-state index contributed by atoms with van der Waals surface area (Å²) in [6, 6.07) is 6.01. The predicted octanol–water partition coefficient (Wildman–Crippen LogP) is 2.48. The zero-order valence-corrected chi connectivity index (χ0v) is 10.4. The summed E-state index contributed by atoms with van der Waals surface area (Å²) in [5.41, 5.74) is 1.54. The number of aromatic nitrogens is 2. The Hall–Kier alpha value is -1.68. The average Bonchev–Trinajstić information content (AvgIpc) is 3.09. The molecule has 0 unspecified atom stereocenters. The van der Waals surface area contributed by atoms with Gasteiger partial charge in [0.1, 0.15) is 11.6 Å². The normalized spacial score (nSPS) is 15.0. The van der Waals surface area contributed by atoms with Gasteiger partial charge in [0, 0.05) is 32.0 Å². The number of benzene rings is 1. The van der Waals surface area contributed by atoms with Gasteiger partial charge >= 0.3 is 0 Å². The van der Waals surface area contributed by atoms with E-state index in [0.717, 1.165) is 12.1 Å². The molecule has 1 fully saturated rings. The van der Waals surface area contributed by atoms with E-state index in [0.29, 0.717) is 17.4 Å². The van der Waals surface area contributed by atoms with Gasteiger partial charge < -0.3 is 9.88 Å². The first kappa shape index (κ1) is 11.4. The number of nitrogens with zero attached hydrogens (tertiary/aromatic N) is 2. The van der Waals surface area contributed by atoms with Crippen molar-refractivity contribution in [2.75, 3.05) is 0 Å². The Balaban J connectivity index is 1.82. The van der Waals surface area contributed by atoms with E-state index >= 15 is 0 Å². The minimum absolute atomic E-state index is 0.209. The quantitative estimate of drug-likeness (QED) is 0.896. The van der Waals surface area contributed by atoms with E-state index < -0.39 is 0 Å². The lowest BCUT2D eigenvalue weighted by Crippen LogP contribution is -2.15. The SMILES string of the molecule is Cn1ccnc1-c1ccc(CNC2CC2)cc1F. The van der Waals surface area contributed by atoms with Gasteiger partial charge in [0.2, 0.25) is 0 Å². The molecule has 0 bridgehead atoms. The molecular weight excluding hydrogens is 229 g/mol. The second-order valence-corrected chi connectivity index (χ2v) is 4.83. The van der Waals surface area contributed by atoms with Crippen molar-refractivity contribution < 1.29 is 4.39 Å². The van der Waals surface area contributed by atoms with Crippen LogP contribution in [0.5, 0.6) is 0 Å². The zero-order chi connectivity index (χ0) is 12.5. The van der Waals surface area contributed by atoms with Crippen LogP contribution in [0.25, 0.3) is 11.4 Å². The first-order valence-electron chi connectivity index (χ1n) is 6.23. The van der Waals surface area contributed by atoms with E-state index in [4.69, 9.17) is 0 Å². The van der Waals surface area contributed by atoms with E-state index in [-0.39, 0.29) is 5.82 Å². The Kier molecular flexibility index (Phi) is 2.88. The lowest BCUT2D eigenvalue weighted by molar-refractivity contribution is 0.620. The van der Waals surface area contributed by atoms with Crippen molar-refractivity contribution in [3.63, 3.8) is 0 Å². The second-order valence-electron chi connectivity index (χ2n) is 4.83. The fourth-order valence-corrected chi connectivity index (χ4v) is 2.02. The van der Waals surface area contributed by atoms with E-state index in [1.807, 2.05) is 29.9 Å². The topological polar surface area (TPSA) is 29.9 Å². The van der Waals surface area contributed by atoms with Crippen LogP contribution in [-0.2, 0) is 13.6 Å². The van der Waals surface area contributed by atoms with E-state index in [9.17, 15) is 4.39 Å². The molecule has 1 saturated carbocycles. The molecule has 1 heterocycles. The van der Waals surface area contributed by atoms with Crippen molar-refractivity contribution in [3.8, 4) is 11.4 Å². The van der Waals surface area contributed by atoms with Crippen molar-refractivity contribution in [1.82, 2.24) is 14.9 Å². The van der Waals surface area contributed by atoms with Crippen LogP contribution >= 0.6 is 0 Å². The van der Waals surface area contributed by atoms with Crippen LogP contribution in [0.1, 0.15) is 18.4 Å². The van der Waals surface area contributed by atoms with Gasteiger partial charge in [0.15, 0.2) is 0 Å². The van der Waals surface area contributed by atoms with Crippen molar-refractivity contribution >= 4 is 0 Å². The van der Waals surface area contributed by atoms with E-state index in [2.05, 4.69) is 10.3 Å². The minimum atomic E-state index is -0.209. The Labute approximate surface area is 106 Å². The molecule has 94 valence electrons. The summed E-state index contributed by atoms with van der Waals surface area (Å²) in [7, 11) is 1.87. The maximum absolute atomic E-state index is 14.1. The molecule has 1 aliphatic carbocycles. The molecule has 3 nitrogen and oxygen atoms in total. The largest absolute Gasteiger partial charge is 0.334 e. The lowest BCUT2D eigenvalue weighted by atomic mass is 10.1. The predicted molar refractivity (Wildman–Crippen MR) is 68.5 cm³/mol. The van der Waals surface area contributed by atoms with Crippen molar-refractivity contribution in [3.05, 3.63) is 42.0 Å². The molecule has 0 atom stereocenters. The fourth-order valence-electron chi connectivity index (χ4n) is 2.02. The maximum Gasteiger partial charge on any atom is 0.142 e. The Bertz CT molecular complexity index is 558. The Morgan fingerprint density at radius 2 is 2.28 bits per heavy atom. The summed E-state index contributed by atoms with van der Waals surface area (Å²) in [5, 5.41) is 3.38. The summed E-state index contributed by atoms with van der Waals surface area (Å²) >= 11 is 0. The number of aryl methyl sites for hydroxylation is 1. The number of imidazole rings is 1. The van der Waals surface area contributed by atoms with Gasteiger partial charge in [-0.25, -0.2) is 9.37 Å². The van der Waals surface area contributed by atoms with Crippen LogP contribution in [0.2, 0.25) is 0 Å². The molecular formula is C14H16FN3. The van der Waals surface area contributed by atoms with Crippen LogP contribution in [0, 0.1) is 5.82 Å². The highest BCUT2D eigenvalue weighted by atomic mass is 19.1. The minimum Gasteiger partial charge on any atom is -0.334 e. The van der Waals surface area contributed by atoms with Gasteiger partial charge in [0.05, 0.1) is 5.56 Å². The monoisotopic (exact) mass is 245 g/mol. The molecule has 1 aromatic heterocycles. The van der Waals surface area contributed by atoms with Crippen LogP contribution in [0.4, 0.5) is 4.39 Å². The number of hydrogen-bond acceptors (Lipinski definition) is 2. The third-order valence-corrected chi connectivity index (χ3v) is 3.27. The molecule has 0 aliphatic heterocycles. The molecule has 1 N–H and O–H groups in total. The van der Waals surface area contributed by atoms with Gasteiger partial charge in [-0.3, -0.25) is 0 Å². The second kappa shape index (κ2) is 4.53. The molecule has 0 saturated heterocycles. The first-order chi connectivity index (χ1) is 8.74. The number of halogens is 1. The van der Waals surface area contributed by atoms with Gasteiger partial charge in [0.25, 0.3) is 0 Å². The summed E-state index contributed by atoms with van der Waals surface area (Å²) in [6.07, 6.45) is 5.98. The number of rotatable bonds is 4. The first-order valence-corrected chi connectivity index (χ1v) is 6.23. The van der Waals surface area contributed by atoms with Gasteiger partial charge in [-0.05, 0) is 30.5 Å². The molecule has 2 aromatic rings. The standard InChI is InChI=1S/C14H16FN3/c1-18-7-6-16-14(18)12-5-2-10(8-13(12)15)9-17-11-3-4-11/h2,5-8,11,17H,3-4,9H2,1H3. The highest BCUT2D eigenvalue weighted by Gasteiger charge is 2.20. The van der Waals surface area contributed by atoms with Crippen LogP contribution < -0.4 is 5.32 Å². The molecule has 4 heteroatoms. The number of hydrogen-bond donors (Lipinski definition) is 1. The summed E-state index contributed by atoms with van der Waals surface area (Å²) in [4.78, 5) is 4.17. The van der Waals surface area contributed by atoms with E-state index in [1.54, 1.807) is 12.3 Å². The van der Waals surface area contributed by atoms with Crippen LogP contribution in [0.15, 0.2) is 30.6 Å². The van der Waals surface area contributed by atoms with Crippen LogP contribution in [0.3, 0.4) is 0 Å². The highest BCUT2D eigenvalue weighted by Crippen LogP contribution is 2.23. The third kappa shape index (κ3) is 2.29. The zero-order valence-electron chi connectivity index (χ0n) is 10.4. The van der Waals surface area contributed by atoms with Crippen molar-refractivity contribution in [1.29, 1.82) is 0 Å². The van der Waals surface area contributed by atoms with E-state index in [1.165, 1.54) is 12.8 Å². The summed E-state index contributed by atoms with van der Waals surface area (Å²) < 4.78 is 15.9. The lowest BCUT2D eigenvalue weighted by Gasteiger charge is -2.07. The van der Waals surface area contributed by atoms with Gasteiger partial charge in [-0.1, -0.05) is 6.07 Å². The molecule has 1 aromatic carbocycles. The molecule has 1 aliphatic rings. The van der Waals surface area contributed by atoms with Gasteiger partial charge in [-0.15, -0.1) is 0 Å².